The van der Waals surface area contributed by atoms with Crippen molar-refractivity contribution in [3.05, 3.63) is 81.1 Å². The Morgan fingerprint density at radius 2 is 1.67 bits per heavy atom. The van der Waals surface area contributed by atoms with E-state index in [9.17, 15) is 47.3 Å². The van der Waals surface area contributed by atoms with Crippen LogP contribution in [0.4, 0.5) is 29.3 Å². The third-order valence-corrected chi connectivity index (χ3v) is 9.62. The summed E-state index contributed by atoms with van der Waals surface area (Å²) in [5.74, 6) is -2.22. The summed E-state index contributed by atoms with van der Waals surface area (Å²) in [7, 11) is 1.33. The number of likely N-dealkylation sites (tertiary alicyclic amines) is 1. The number of carbonyl (C=O) groups excluding carboxylic acids is 5. The first-order valence-electron chi connectivity index (χ1n) is 17.7. The number of ether oxygens (including phenoxy) is 1. The summed E-state index contributed by atoms with van der Waals surface area (Å²) in [5.41, 5.74) is -2.79. The number of nitro groups is 1. The molecule has 0 saturated carbocycles. The number of pyridine rings is 1. The minimum Gasteiger partial charge on any atom is -0.444 e. The Morgan fingerprint density at radius 3 is 2.28 bits per heavy atom. The van der Waals surface area contributed by atoms with Crippen molar-refractivity contribution in [2.24, 2.45) is 7.05 Å². The van der Waals surface area contributed by atoms with Gasteiger partial charge in [0.25, 0.3) is 17.5 Å². The molecule has 2 aliphatic rings. The van der Waals surface area contributed by atoms with Crippen molar-refractivity contribution in [2.45, 2.75) is 51.4 Å². The van der Waals surface area contributed by atoms with Gasteiger partial charge in [0.15, 0.2) is 17.3 Å². The van der Waals surface area contributed by atoms with E-state index < -0.39 is 57.8 Å². The second-order valence-corrected chi connectivity index (χ2v) is 14.8. The van der Waals surface area contributed by atoms with E-state index in [1.54, 1.807) is 20.8 Å². The van der Waals surface area contributed by atoms with Gasteiger partial charge in [0, 0.05) is 70.6 Å². The molecule has 2 saturated heterocycles. The van der Waals surface area contributed by atoms with Gasteiger partial charge in [0.2, 0.25) is 5.91 Å². The first-order valence-corrected chi connectivity index (χ1v) is 18.1. The minimum absolute atomic E-state index is 0.0161. The molecule has 18 nitrogen and oxygen atoms in total. The molecule has 58 heavy (non-hydrogen) atoms. The lowest BCUT2D eigenvalue weighted by molar-refractivity contribution is -0.385. The highest BCUT2D eigenvalue weighted by Crippen LogP contribution is 2.37. The van der Waals surface area contributed by atoms with E-state index in [1.165, 1.54) is 39.9 Å². The summed E-state index contributed by atoms with van der Waals surface area (Å²) in [6.07, 6.45) is -2.68. The number of benzene rings is 1. The van der Waals surface area contributed by atoms with Crippen molar-refractivity contribution >= 4 is 52.6 Å². The van der Waals surface area contributed by atoms with E-state index >= 15 is 0 Å². The predicted molar refractivity (Wildman–Crippen MR) is 198 cm³/mol. The highest BCUT2D eigenvalue weighted by atomic mass is 35.5. The number of ketones is 1. The molecule has 1 aromatic carbocycles. The van der Waals surface area contributed by atoms with E-state index in [2.05, 4.69) is 20.4 Å². The molecule has 2 fully saturated rings. The van der Waals surface area contributed by atoms with Gasteiger partial charge in [0.05, 0.1) is 33.0 Å². The Balaban J connectivity index is 1.11. The van der Waals surface area contributed by atoms with Crippen LogP contribution < -0.4 is 5.32 Å². The number of halogens is 4. The van der Waals surface area contributed by atoms with E-state index in [4.69, 9.17) is 16.3 Å². The largest absolute Gasteiger partial charge is 0.444 e. The van der Waals surface area contributed by atoms with Crippen LogP contribution in [0.25, 0.3) is 17.1 Å². The zero-order chi connectivity index (χ0) is 42.3. The summed E-state index contributed by atoms with van der Waals surface area (Å²) in [6, 6.07) is 5.31. The summed E-state index contributed by atoms with van der Waals surface area (Å²) >= 11 is 6.49. The molecule has 0 spiro atoms. The number of piperazine rings is 1. The monoisotopic (exact) mass is 828 g/mol. The molecule has 306 valence electrons. The van der Waals surface area contributed by atoms with Gasteiger partial charge in [0.1, 0.15) is 23.6 Å². The van der Waals surface area contributed by atoms with Crippen LogP contribution in [-0.2, 0) is 27.5 Å². The van der Waals surface area contributed by atoms with Gasteiger partial charge in [-0.2, -0.15) is 18.3 Å². The summed E-state index contributed by atoms with van der Waals surface area (Å²) in [5, 5.41) is 17.1. The average Bonchev–Trinajstić information content (AvgIpc) is 3.78. The summed E-state index contributed by atoms with van der Waals surface area (Å²) in [4.78, 5) is 87.8. The van der Waals surface area contributed by atoms with Gasteiger partial charge in [-0.1, -0.05) is 11.6 Å². The molecule has 1 atom stereocenters. The lowest BCUT2D eigenvalue weighted by Crippen LogP contribution is -2.59. The van der Waals surface area contributed by atoms with Crippen molar-refractivity contribution in [2.75, 3.05) is 38.0 Å². The molecule has 3 aromatic heterocycles. The Bertz CT molecular complexity index is 2300. The minimum atomic E-state index is -4.93. The molecule has 6 rings (SSSR count). The van der Waals surface area contributed by atoms with Crippen molar-refractivity contribution < 1.29 is 46.8 Å². The van der Waals surface area contributed by atoms with Crippen molar-refractivity contribution in [3.63, 3.8) is 0 Å². The smallest absolute Gasteiger partial charge is 0.435 e. The Morgan fingerprint density at radius 1 is 0.983 bits per heavy atom. The number of anilines is 1. The normalized spacial score (nSPS) is 16.3. The second-order valence-electron chi connectivity index (χ2n) is 14.4. The quantitative estimate of drug-likeness (QED) is 0.199. The van der Waals surface area contributed by atoms with Crippen molar-refractivity contribution in [1.29, 1.82) is 0 Å². The van der Waals surface area contributed by atoms with Crippen LogP contribution in [-0.4, -0.2) is 118 Å². The molecule has 2 aliphatic heterocycles. The molecule has 0 unspecified atom stereocenters. The molecule has 4 amide bonds. The number of nitrogens with zero attached hydrogens (tertiary/aromatic N) is 9. The summed E-state index contributed by atoms with van der Waals surface area (Å²) in [6.45, 7) is 5.69. The molecule has 5 heterocycles. The first-order chi connectivity index (χ1) is 27.2. The number of nitrogens with one attached hydrogen (secondary N) is 1. The van der Waals surface area contributed by atoms with Gasteiger partial charge in [-0.25, -0.2) is 19.4 Å². The van der Waals surface area contributed by atoms with Crippen LogP contribution in [0.2, 0.25) is 5.02 Å². The van der Waals surface area contributed by atoms with Gasteiger partial charge >= 0.3 is 12.3 Å². The number of aromatic nitrogens is 5. The number of rotatable bonds is 7. The van der Waals surface area contributed by atoms with Gasteiger partial charge in [-0.3, -0.25) is 34.2 Å². The zero-order valence-corrected chi connectivity index (χ0v) is 32.2. The molecule has 4 aromatic rings. The zero-order valence-electron chi connectivity index (χ0n) is 31.4. The van der Waals surface area contributed by atoms with Crippen LogP contribution in [0.15, 0.2) is 48.9 Å². The number of imidazole rings is 1. The maximum absolute atomic E-state index is 14.1. The number of piperidine rings is 1. The van der Waals surface area contributed by atoms with Gasteiger partial charge < -0.3 is 24.4 Å². The molecule has 0 radical (unpaired) electrons. The third-order valence-electron chi connectivity index (χ3n) is 9.31. The van der Waals surface area contributed by atoms with E-state index in [0.29, 0.717) is 0 Å². The maximum Gasteiger partial charge on any atom is 0.435 e. The maximum atomic E-state index is 14.1. The Kier molecular flexibility index (Phi) is 11.3. The van der Waals surface area contributed by atoms with E-state index in [-0.39, 0.29) is 90.6 Å². The topological polar surface area (TPSA) is 208 Å². The SMILES string of the molecule is Cn1c(-c2cn(-c3ccc([N+](=O)[O-])cn3)nc2C(F)(F)F)cnc1C(=O)Nc1ccc(C(=O)N2CCN(C(=O)[C@@H]3CC(=O)CCN3C(=O)OC(C)(C)C)CC2)c(Cl)c1. The standard InChI is InChI=1S/C36H36ClF3N10O8/c1-35(2,3)58-34(55)48-10-9-22(51)16-26(48)33(54)47-13-11-46(12-14-47)32(53)23-7-5-20(15-25(23)37)43-31(52)30-42-18-27(45(30)4)24-19-49(44-29(24)36(38,39)40)28-8-6-21(17-41-28)50(56)57/h5-8,15,17-19,26H,9-14,16H2,1-4H3,(H,43,52)/t26-/m0/s1. The number of hydrogen-bond acceptors (Lipinski definition) is 11. The van der Waals surface area contributed by atoms with E-state index in [1.807, 2.05) is 0 Å². The highest BCUT2D eigenvalue weighted by Gasteiger charge is 2.41. The molecule has 1 N–H and O–H groups in total. The Hall–Kier alpha value is -6.38. The number of alkyl halides is 3. The number of Topliss-reactive ketones (excluding diaryl/α,β-unsaturated/α-hetero) is 1. The van der Waals surface area contributed by atoms with Crippen LogP contribution >= 0.6 is 11.6 Å². The van der Waals surface area contributed by atoms with Crippen LogP contribution in [0, 0.1) is 10.1 Å². The first kappa shape index (κ1) is 41.3. The fourth-order valence-electron chi connectivity index (χ4n) is 6.43. The lowest BCUT2D eigenvalue weighted by atomic mass is 9.99. The molecular weight excluding hydrogens is 793 g/mol. The Labute approximate surface area is 332 Å². The summed E-state index contributed by atoms with van der Waals surface area (Å²) < 4.78 is 49.7. The van der Waals surface area contributed by atoms with Crippen molar-refractivity contribution in [3.8, 4) is 17.1 Å². The highest BCUT2D eigenvalue weighted by molar-refractivity contribution is 6.34. The third kappa shape index (κ3) is 8.77. The molecule has 22 heteroatoms. The number of amides is 4. The average molecular weight is 829 g/mol. The van der Waals surface area contributed by atoms with Gasteiger partial charge in [-0.15, -0.1) is 0 Å². The van der Waals surface area contributed by atoms with E-state index in [0.717, 1.165) is 40.0 Å². The van der Waals surface area contributed by atoms with Crippen LogP contribution in [0.3, 0.4) is 0 Å². The molecule has 0 aliphatic carbocycles. The fraction of sp³-hybridized carbons (Fsp3) is 0.389. The number of carbonyl (C=O) groups is 5. The van der Waals surface area contributed by atoms with Gasteiger partial charge in [-0.05, 0) is 45.0 Å². The van der Waals surface area contributed by atoms with Crippen LogP contribution in [0.1, 0.15) is 60.3 Å². The predicted octanol–water partition coefficient (Wildman–Crippen LogP) is 4.75. The van der Waals surface area contributed by atoms with Crippen molar-refractivity contribution in [1.82, 2.24) is 39.0 Å². The molecular formula is C36H36ClF3N10O8. The number of hydrogen-bond donors (Lipinski definition) is 1. The molecule has 0 bridgehead atoms. The fourth-order valence-corrected chi connectivity index (χ4v) is 6.69. The van der Waals surface area contributed by atoms with Crippen LogP contribution in [0.5, 0.6) is 0 Å². The lowest BCUT2D eigenvalue weighted by Gasteiger charge is -2.40. The second kappa shape index (κ2) is 15.9.